The van der Waals surface area contributed by atoms with Crippen LogP contribution in [0.1, 0.15) is 18.4 Å². The summed E-state index contributed by atoms with van der Waals surface area (Å²) >= 11 is 0. The Morgan fingerprint density at radius 3 is 2.68 bits per heavy atom. The summed E-state index contributed by atoms with van der Waals surface area (Å²) in [7, 11) is 1.68. The van der Waals surface area contributed by atoms with E-state index in [1.165, 1.54) is 5.56 Å². The second-order valence-corrected chi connectivity index (χ2v) is 7.66. The molecule has 0 aromatic heterocycles. The molecule has 0 radical (unpaired) electrons. The number of methoxy groups -OCH3 is 1. The van der Waals surface area contributed by atoms with E-state index in [1.54, 1.807) is 7.11 Å². The van der Waals surface area contributed by atoms with E-state index in [4.69, 9.17) is 15.2 Å². The van der Waals surface area contributed by atoms with Gasteiger partial charge in [-0.15, -0.1) is 0 Å². The van der Waals surface area contributed by atoms with Gasteiger partial charge in [-0.1, -0.05) is 18.2 Å². The molecule has 2 aromatic rings. The van der Waals surface area contributed by atoms with Crippen LogP contribution in [-0.4, -0.2) is 49.2 Å². The van der Waals surface area contributed by atoms with E-state index in [-0.39, 0.29) is 12.0 Å². The molecular weight excluding hydrogens is 354 g/mol. The number of amides is 1. The molecule has 28 heavy (non-hydrogen) atoms. The number of para-hydroxylation sites is 1. The minimum atomic E-state index is -0.690. The smallest absolute Gasteiger partial charge is 0.243 e. The largest absolute Gasteiger partial charge is 0.497 e. The van der Waals surface area contributed by atoms with Gasteiger partial charge in [0.25, 0.3) is 0 Å². The maximum absolute atomic E-state index is 12.2. The topological polar surface area (TPSA) is 76.8 Å². The fraction of sp³-hybridized carbons (Fsp3) is 0.409. The molecule has 148 valence electrons. The second-order valence-electron chi connectivity index (χ2n) is 7.66. The number of nitrogens with two attached hydrogens (primary N) is 1. The summed E-state index contributed by atoms with van der Waals surface area (Å²) in [6.45, 7) is 2.46. The van der Waals surface area contributed by atoms with Gasteiger partial charge in [-0.25, -0.2) is 0 Å². The molecule has 3 N–H and O–H groups in total. The maximum Gasteiger partial charge on any atom is 0.243 e. The number of benzene rings is 2. The molecule has 2 aliphatic heterocycles. The number of hydrogen-bond donors (Lipinski definition) is 2. The number of anilines is 1. The number of rotatable bonds is 6. The summed E-state index contributed by atoms with van der Waals surface area (Å²) in [4.78, 5) is 14.6. The Morgan fingerprint density at radius 2 is 2.00 bits per heavy atom. The van der Waals surface area contributed by atoms with E-state index < -0.39 is 5.54 Å². The van der Waals surface area contributed by atoms with Gasteiger partial charge in [-0.05, 0) is 43.2 Å². The van der Waals surface area contributed by atoms with Gasteiger partial charge in [0.05, 0.1) is 7.11 Å². The highest BCUT2D eigenvalue weighted by atomic mass is 16.5. The lowest BCUT2D eigenvalue weighted by Gasteiger charge is -2.41. The van der Waals surface area contributed by atoms with Gasteiger partial charge in [-0.2, -0.15) is 0 Å². The Hall–Kier alpha value is -2.73. The van der Waals surface area contributed by atoms with Crippen molar-refractivity contribution < 1.29 is 14.3 Å². The Bertz CT molecular complexity index is 832. The molecule has 2 heterocycles. The fourth-order valence-electron chi connectivity index (χ4n) is 4.16. The highest BCUT2D eigenvalue weighted by molar-refractivity contribution is 5.88. The number of fused-ring (bicyclic) bond motifs is 1. The van der Waals surface area contributed by atoms with Crippen LogP contribution in [0.25, 0.3) is 0 Å². The van der Waals surface area contributed by atoms with Gasteiger partial charge in [0.2, 0.25) is 5.91 Å². The third-order valence-corrected chi connectivity index (χ3v) is 5.81. The predicted molar refractivity (Wildman–Crippen MR) is 109 cm³/mol. The average Bonchev–Trinajstić information content (AvgIpc) is 3.11. The van der Waals surface area contributed by atoms with Crippen molar-refractivity contribution >= 4 is 11.6 Å². The first kappa shape index (κ1) is 18.6. The highest BCUT2D eigenvalue weighted by Crippen LogP contribution is 2.33. The predicted octanol–water partition coefficient (Wildman–Crippen LogP) is 2.43. The van der Waals surface area contributed by atoms with E-state index in [1.807, 2.05) is 48.5 Å². The quantitative estimate of drug-likeness (QED) is 0.804. The molecule has 0 aliphatic carbocycles. The molecule has 2 aromatic carbocycles. The first-order valence-electron chi connectivity index (χ1n) is 9.77. The summed E-state index contributed by atoms with van der Waals surface area (Å²) in [6, 6.07) is 15.8. The lowest BCUT2D eigenvalue weighted by molar-refractivity contribution is -0.123. The number of carbonyl (C=O) groups is 1. The maximum atomic E-state index is 12.2. The first-order valence-corrected chi connectivity index (χ1v) is 9.77. The molecule has 1 amide bonds. The molecule has 0 saturated carbocycles. The monoisotopic (exact) mass is 381 g/mol. The van der Waals surface area contributed by atoms with Gasteiger partial charge in [0, 0.05) is 37.3 Å². The molecule has 2 aliphatic rings. The Balaban J connectivity index is 1.35. The molecule has 4 rings (SSSR count). The number of hydrogen-bond acceptors (Lipinski definition) is 5. The summed E-state index contributed by atoms with van der Waals surface area (Å²) in [6.07, 6.45) is 2.38. The van der Waals surface area contributed by atoms with Crippen molar-refractivity contribution in [1.82, 2.24) is 4.90 Å². The average molecular weight is 381 g/mol. The number of primary amides is 1. The molecular formula is C22H27N3O3. The van der Waals surface area contributed by atoms with E-state index in [0.717, 1.165) is 43.2 Å². The second kappa shape index (κ2) is 7.72. The first-order chi connectivity index (χ1) is 13.6. The van der Waals surface area contributed by atoms with E-state index in [2.05, 4.69) is 10.2 Å². The van der Waals surface area contributed by atoms with Crippen LogP contribution in [0.15, 0.2) is 48.5 Å². The fourth-order valence-corrected chi connectivity index (χ4v) is 4.16. The van der Waals surface area contributed by atoms with Crippen molar-refractivity contribution in [3.8, 4) is 11.5 Å². The van der Waals surface area contributed by atoms with Crippen molar-refractivity contribution in [2.24, 2.45) is 5.73 Å². The molecule has 6 heteroatoms. The third kappa shape index (κ3) is 3.78. The lowest BCUT2D eigenvalue weighted by Crippen LogP contribution is -2.57. The summed E-state index contributed by atoms with van der Waals surface area (Å²) < 4.78 is 11.4. The van der Waals surface area contributed by atoms with Crippen LogP contribution in [0.2, 0.25) is 0 Å². The number of ether oxygens (including phenoxy) is 2. The standard InChI is InChI=1S/C22H27N3O3/c1-27-18-7-8-20-16(13-18)14-19(28-20)15-25-11-9-22(10-12-25,21(23)26)24-17-5-3-2-4-6-17/h2-8,13,19,24H,9-12,14-15H2,1H3,(H2,23,26). The van der Waals surface area contributed by atoms with E-state index >= 15 is 0 Å². The van der Waals surface area contributed by atoms with Crippen LogP contribution in [0.5, 0.6) is 11.5 Å². The normalized spacial score (nSPS) is 20.8. The van der Waals surface area contributed by atoms with Crippen LogP contribution >= 0.6 is 0 Å². The zero-order valence-electron chi connectivity index (χ0n) is 16.2. The van der Waals surface area contributed by atoms with Gasteiger partial charge in [0.15, 0.2) is 0 Å². The number of nitrogens with one attached hydrogen (secondary N) is 1. The Kier molecular flexibility index (Phi) is 5.13. The minimum Gasteiger partial charge on any atom is -0.497 e. The molecule has 6 nitrogen and oxygen atoms in total. The minimum absolute atomic E-state index is 0.130. The van der Waals surface area contributed by atoms with Crippen molar-refractivity contribution in [2.45, 2.75) is 30.9 Å². The Morgan fingerprint density at radius 1 is 1.25 bits per heavy atom. The van der Waals surface area contributed by atoms with Crippen molar-refractivity contribution in [3.63, 3.8) is 0 Å². The molecule has 1 atom stereocenters. The summed E-state index contributed by atoms with van der Waals surface area (Å²) in [5.41, 5.74) is 7.22. The summed E-state index contributed by atoms with van der Waals surface area (Å²) in [5.74, 6) is 1.52. The van der Waals surface area contributed by atoms with Crippen LogP contribution in [0, 0.1) is 0 Å². The van der Waals surface area contributed by atoms with Crippen LogP contribution < -0.4 is 20.5 Å². The Labute approximate surface area is 165 Å². The lowest BCUT2D eigenvalue weighted by atomic mass is 9.86. The molecule has 1 fully saturated rings. The van der Waals surface area contributed by atoms with Crippen LogP contribution in [0.4, 0.5) is 5.69 Å². The number of piperidine rings is 1. The highest BCUT2D eigenvalue weighted by Gasteiger charge is 2.40. The molecule has 0 spiro atoms. The SMILES string of the molecule is COc1ccc2c(c1)CC(CN1CCC(Nc3ccccc3)(C(N)=O)CC1)O2. The van der Waals surface area contributed by atoms with Gasteiger partial charge < -0.3 is 20.5 Å². The van der Waals surface area contributed by atoms with Crippen molar-refractivity contribution in [2.75, 3.05) is 32.1 Å². The zero-order valence-corrected chi connectivity index (χ0v) is 16.2. The number of carbonyl (C=O) groups excluding carboxylic acids is 1. The van der Waals surface area contributed by atoms with E-state index in [0.29, 0.717) is 12.8 Å². The number of likely N-dealkylation sites (tertiary alicyclic amines) is 1. The van der Waals surface area contributed by atoms with Crippen molar-refractivity contribution in [1.29, 1.82) is 0 Å². The molecule has 0 bridgehead atoms. The van der Waals surface area contributed by atoms with E-state index in [9.17, 15) is 4.79 Å². The summed E-state index contributed by atoms with van der Waals surface area (Å²) in [5, 5.41) is 3.39. The van der Waals surface area contributed by atoms with Crippen LogP contribution in [0.3, 0.4) is 0 Å². The molecule has 1 saturated heterocycles. The van der Waals surface area contributed by atoms with Crippen molar-refractivity contribution in [3.05, 3.63) is 54.1 Å². The van der Waals surface area contributed by atoms with Gasteiger partial charge >= 0.3 is 0 Å². The van der Waals surface area contributed by atoms with Gasteiger partial charge in [0.1, 0.15) is 23.1 Å². The zero-order chi connectivity index (χ0) is 19.6. The third-order valence-electron chi connectivity index (χ3n) is 5.81. The molecule has 1 unspecified atom stereocenters. The van der Waals surface area contributed by atoms with Crippen LogP contribution in [-0.2, 0) is 11.2 Å². The van der Waals surface area contributed by atoms with Gasteiger partial charge in [-0.3, -0.25) is 9.69 Å². The number of nitrogens with zero attached hydrogens (tertiary/aromatic N) is 1.